The molecule has 0 saturated carbocycles. The summed E-state index contributed by atoms with van der Waals surface area (Å²) in [5.74, 6) is -0.0117. The minimum atomic E-state index is -0.0117. The summed E-state index contributed by atoms with van der Waals surface area (Å²) in [5, 5.41) is 4.01. The molecule has 0 spiro atoms. The van der Waals surface area contributed by atoms with Crippen molar-refractivity contribution in [2.75, 3.05) is 0 Å². The van der Waals surface area contributed by atoms with Gasteiger partial charge in [0.15, 0.2) is 0 Å². The molecule has 0 bridgehead atoms. The molecule has 9 heterocycles. The van der Waals surface area contributed by atoms with Gasteiger partial charge in [-0.1, -0.05) is 32.1 Å². The number of hydrogen-bond donors (Lipinski definition) is 6. The van der Waals surface area contributed by atoms with Crippen molar-refractivity contribution in [3.05, 3.63) is 168 Å². The van der Waals surface area contributed by atoms with Crippen LogP contribution in [0, 0.1) is 0 Å². The van der Waals surface area contributed by atoms with Crippen molar-refractivity contribution in [2.24, 2.45) is 4.99 Å². The summed E-state index contributed by atoms with van der Waals surface area (Å²) in [6, 6.07) is 38.1. The van der Waals surface area contributed by atoms with Crippen molar-refractivity contribution < 1.29 is 0 Å². The second-order valence-corrected chi connectivity index (χ2v) is 17.0. The summed E-state index contributed by atoms with van der Waals surface area (Å²) < 4.78 is 0. The summed E-state index contributed by atoms with van der Waals surface area (Å²) in [5.41, 5.74) is 20.2. The Labute approximate surface area is 372 Å². The highest BCUT2D eigenvalue weighted by Gasteiger charge is 2.29. The number of aromatic nitrogens is 9. The van der Waals surface area contributed by atoms with Gasteiger partial charge in [0.2, 0.25) is 0 Å². The second-order valence-electron chi connectivity index (χ2n) is 17.0. The smallest absolute Gasteiger partial charge is 0.0996 e. The van der Waals surface area contributed by atoms with Crippen LogP contribution in [0.5, 0.6) is 0 Å². The molecule has 4 aromatic carbocycles. The van der Waals surface area contributed by atoms with Crippen molar-refractivity contribution in [3.63, 3.8) is 0 Å². The maximum atomic E-state index is 5.95. The average Bonchev–Trinajstić information content (AvgIpc) is 4.19. The van der Waals surface area contributed by atoms with E-state index in [0.29, 0.717) is 6.42 Å². The largest absolute Gasteiger partial charge is 0.361 e. The van der Waals surface area contributed by atoms with Crippen LogP contribution in [0.2, 0.25) is 0 Å². The minimum Gasteiger partial charge on any atom is -0.361 e. The summed E-state index contributed by atoms with van der Waals surface area (Å²) in [6.07, 6.45) is 15.6. The van der Waals surface area contributed by atoms with Gasteiger partial charge in [-0.15, -0.1) is 0 Å². The van der Waals surface area contributed by atoms with Gasteiger partial charge < -0.3 is 29.9 Å². The van der Waals surface area contributed by atoms with Crippen LogP contribution in [0.25, 0.3) is 117 Å². The van der Waals surface area contributed by atoms with E-state index in [-0.39, 0.29) is 5.92 Å². The van der Waals surface area contributed by atoms with E-state index in [1.54, 1.807) is 0 Å². The fourth-order valence-corrected chi connectivity index (χ4v) is 10.3. The Morgan fingerprint density at radius 2 is 0.877 bits per heavy atom. The first-order valence-corrected chi connectivity index (χ1v) is 22.3. The van der Waals surface area contributed by atoms with Crippen LogP contribution < -0.4 is 10.6 Å². The Morgan fingerprint density at radius 1 is 0.446 bits per heavy atom. The predicted octanol–water partition coefficient (Wildman–Crippen LogP) is 12.3. The van der Waals surface area contributed by atoms with E-state index in [0.717, 1.165) is 145 Å². The van der Waals surface area contributed by atoms with E-state index >= 15 is 0 Å². The molecule has 1 atom stereocenters. The van der Waals surface area contributed by atoms with Crippen LogP contribution in [-0.2, 0) is 6.42 Å². The Hall–Kier alpha value is -8.50. The highest BCUT2D eigenvalue weighted by molar-refractivity contribution is 6.20. The predicted molar refractivity (Wildman–Crippen MR) is 262 cm³/mol. The van der Waals surface area contributed by atoms with Crippen LogP contribution in [0.3, 0.4) is 0 Å². The maximum Gasteiger partial charge on any atom is 0.0996 e. The molecule has 0 radical (unpaired) electrons. The molecule has 12 aromatic rings. The molecule has 1 unspecified atom stereocenters. The molecule has 10 heteroatoms. The van der Waals surface area contributed by atoms with E-state index < -0.39 is 0 Å². The molecule has 10 nitrogen and oxygen atoms in total. The zero-order chi connectivity index (χ0) is 43.2. The van der Waals surface area contributed by atoms with Gasteiger partial charge in [-0.05, 0) is 121 Å². The van der Waals surface area contributed by atoms with Crippen molar-refractivity contribution in [1.82, 2.24) is 44.9 Å². The van der Waals surface area contributed by atoms with Gasteiger partial charge >= 0.3 is 0 Å². The Kier molecular flexibility index (Phi) is 8.29. The van der Waals surface area contributed by atoms with Gasteiger partial charge in [0.1, 0.15) is 0 Å². The average molecular weight is 843 g/mol. The topological polar surface area (TPSA) is 146 Å². The molecule has 8 aromatic heterocycles. The van der Waals surface area contributed by atoms with Crippen molar-refractivity contribution in [2.45, 2.75) is 32.6 Å². The zero-order valence-corrected chi connectivity index (χ0v) is 35.7. The number of H-pyrrole nitrogens is 6. The number of pyridine rings is 1. The number of hydrogen-bond acceptors (Lipinski definition) is 4. The lowest BCUT2D eigenvalue weighted by atomic mass is 9.86. The molecule has 0 saturated heterocycles. The Bertz CT molecular complexity index is 3880. The first kappa shape index (κ1) is 37.1. The number of nitrogens with zero attached hydrogens (tertiary/aromatic N) is 4. The number of rotatable bonds is 7. The van der Waals surface area contributed by atoms with Gasteiger partial charge in [-0.3, -0.25) is 0 Å². The highest BCUT2D eigenvalue weighted by Crippen LogP contribution is 2.48. The first-order chi connectivity index (χ1) is 32.1. The van der Waals surface area contributed by atoms with E-state index in [9.17, 15) is 0 Å². The molecule has 1 aliphatic rings. The minimum absolute atomic E-state index is 0.0117. The number of aromatic amines is 6. The monoisotopic (exact) mass is 842 g/mol. The van der Waals surface area contributed by atoms with Gasteiger partial charge in [-0.2, -0.15) is 0 Å². The number of aryl methyl sites for hydroxylation is 1. The fourth-order valence-electron chi connectivity index (χ4n) is 10.3. The van der Waals surface area contributed by atoms with Crippen LogP contribution in [0.4, 0.5) is 5.69 Å². The van der Waals surface area contributed by atoms with Gasteiger partial charge in [0.25, 0.3) is 0 Å². The molecule has 0 fully saturated rings. The van der Waals surface area contributed by atoms with Crippen LogP contribution >= 0.6 is 0 Å². The second kappa shape index (κ2) is 14.5. The third-order valence-corrected chi connectivity index (χ3v) is 13.3. The lowest BCUT2D eigenvalue weighted by Crippen LogP contribution is -2.30. The Morgan fingerprint density at radius 3 is 1.40 bits per heavy atom. The highest BCUT2D eigenvalue weighted by atomic mass is 14.9. The number of benzene rings is 4. The molecular formula is C55H42N10. The fraction of sp³-hybridized carbons (Fsp3) is 0.0909. The normalized spacial score (nSPS) is 13.8. The quantitative estimate of drug-likeness (QED) is 0.0701. The molecule has 65 heavy (non-hydrogen) atoms. The van der Waals surface area contributed by atoms with Crippen molar-refractivity contribution >= 4 is 55.6 Å². The number of nitrogens with one attached hydrogen (secondary N) is 6. The molecular weight excluding hydrogens is 801 g/mol. The molecule has 13 rings (SSSR count). The molecule has 0 amide bonds. The standard InChI is InChI=1S/C55H42N10/c1-3-31-46-34(40-11-5-25-57-40)19-21-36(42-13-7-27-59-42)49(46)63-54-47(31)55-53(64-50-37(43-14-8-28-60-43)22-23-38(51(50)65-55)44-15-9-29-61-44)45-30(2)16-17-33-32(39-10-4-24-56-39)18-20-35(41-12-6-26-58-41)48(33)62-52(45)54/h4-15,17-30,56-61H,3,16H2,1-2H3. The summed E-state index contributed by atoms with van der Waals surface area (Å²) >= 11 is 0. The van der Waals surface area contributed by atoms with E-state index in [1.165, 1.54) is 0 Å². The van der Waals surface area contributed by atoms with E-state index in [4.69, 9.17) is 19.9 Å². The third kappa shape index (κ3) is 5.66. The lowest BCUT2D eigenvalue weighted by molar-refractivity contribution is 0.804. The Balaban J connectivity index is 1.29. The van der Waals surface area contributed by atoms with Crippen LogP contribution in [-0.4, -0.2) is 44.9 Å². The third-order valence-electron chi connectivity index (χ3n) is 13.3. The molecule has 312 valence electrons. The summed E-state index contributed by atoms with van der Waals surface area (Å²) in [6.45, 7) is 4.54. The molecule has 1 aliphatic heterocycles. The SMILES string of the molecule is CCc1c2c(-c3ccc[nH]3)ccc(-c3ccc[nH]3)c2nc2c3c(c4nc5c(-c6ccc[nH]6)ccc(-c6ccc[nH]6)c5nc4c12)C(C)CC=c1c(-c2ccc[nH]2)ccc(-c2ccc[nH]2)c1=N3. The summed E-state index contributed by atoms with van der Waals surface area (Å²) in [7, 11) is 0. The van der Waals surface area contributed by atoms with Crippen molar-refractivity contribution in [1.29, 1.82) is 0 Å². The van der Waals surface area contributed by atoms with Gasteiger partial charge in [0.05, 0.1) is 44.1 Å². The van der Waals surface area contributed by atoms with E-state index in [1.807, 2.05) is 61.4 Å². The summed E-state index contributed by atoms with van der Waals surface area (Å²) in [4.78, 5) is 44.5. The van der Waals surface area contributed by atoms with Gasteiger partial charge in [-0.25, -0.2) is 19.9 Å². The van der Waals surface area contributed by atoms with Crippen molar-refractivity contribution in [3.8, 4) is 67.5 Å². The first-order valence-electron chi connectivity index (χ1n) is 22.3. The molecule has 0 aliphatic carbocycles. The van der Waals surface area contributed by atoms with Gasteiger partial charge in [0, 0.05) is 126 Å². The number of fused-ring (bicyclic) bond motifs is 9. The van der Waals surface area contributed by atoms with Crippen LogP contribution in [0.15, 0.2) is 151 Å². The lowest BCUT2D eigenvalue weighted by Gasteiger charge is -2.23. The zero-order valence-electron chi connectivity index (χ0n) is 35.7. The van der Waals surface area contributed by atoms with Crippen LogP contribution in [0.1, 0.15) is 37.3 Å². The van der Waals surface area contributed by atoms with E-state index in [2.05, 4.69) is 135 Å². The maximum absolute atomic E-state index is 5.95. The molecule has 6 N–H and O–H groups in total.